The van der Waals surface area contributed by atoms with E-state index in [2.05, 4.69) is 9.97 Å². The molecule has 1 aromatic carbocycles. The summed E-state index contributed by atoms with van der Waals surface area (Å²) in [6.45, 7) is 0. The summed E-state index contributed by atoms with van der Waals surface area (Å²) in [6, 6.07) is 12.9. The second-order valence-electron chi connectivity index (χ2n) is 4.61. The number of benzene rings is 1. The van der Waals surface area contributed by atoms with Crippen LogP contribution in [-0.4, -0.2) is 14.9 Å². The summed E-state index contributed by atoms with van der Waals surface area (Å²) in [5.41, 5.74) is 8.05. The maximum Gasteiger partial charge on any atom is 0.316 e. The van der Waals surface area contributed by atoms with Gasteiger partial charge in [0.1, 0.15) is 16.9 Å². The monoisotopic (exact) mass is 280 g/mol. The number of hydrogen-bond donors (Lipinski definition) is 1. The van der Waals surface area contributed by atoms with Crippen LogP contribution in [0.5, 0.6) is 0 Å². The number of aromatic nitrogens is 2. The third kappa shape index (κ3) is 2.38. The van der Waals surface area contributed by atoms with Crippen LogP contribution in [0.25, 0.3) is 11.0 Å². The molecule has 0 amide bonds. The van der Waals surface area contributed by atoms with Crippen molar-refractivity contribution in [3.63, 3.8) is 0 Å². The van der Waals surface area contributed by atoms with Gasteiger partial charge in [-0.3, -0.25) is 15.1 Å². The maximum absolute atomic E-state index is 11.3. The maximum atomic E-state index is 11.3. The Morgan fingerprint density at radius 2 is 1.90 bits per heavy atom. The molecule has 2 aromatic heterocycles. The summed E-state index contributed by atoms with van der Waals surface area (Å²) < 4.78 is 0. The molecule has 0 saturated carbocycles. The second-order valence-corrected chi connectivity index (χ2v) is 4.61. The molecule has 0 fully saturated rings. The van der Waals surface area contributed by atoms with Crippen molar-refractivity contribution in [2.45, 2.75) is 6.42 Å². The van der Waals surface area contributed by atoms with E-state index in [0.29, 0.717) is 23.1 Å². The van der Waals surface area contributed by atoms with E-state index in [1.165, 1.54) is 0 Å². The number of anilines is 1. The zero-order valence-electron chi connectivity index (χ0n) is 11.1. The van der Waals surface area contributed by atoms with Crippen LogP contribution in [0.1, 0.15) is 11.3 Å². The minimum Gasteiger partial charge on any atom is -0.391 e. The summed E-state index contributed by atoms with van der Waals surface area (Å²) in [7, 11) is 0. The lowest BCUT2D eigenvalue weighted by molar-refractivity contribution is -0.384. The van der Waals surface area contributed by atoms with Crippen molar-refractivity contribution in [1.29, 1.82) is 0 Å². The highest BCUT2D eigenvalue weighted by Gasteiger charge is 2.23. The molecule has 0 bridgehead atoms. The molecule has 0 atom stereocenters. The smallest absolute Gasteiger partial charge is 0.316 e. The fourth-order valence-electron chi connectivity index (χ4n) is 2.28. The van der Waals surface area contributed by atoms with Crippen molar-refractivity contribution in [3.8, 4) is 0 Å². The number of nitrogens with two attached hydrogens (primary N) is 1. The summed E-state index contributed by atoms with van der Waals surface area (Å²) in [6.07, 6.45) is 1.90. The Morgan fingerprint density at radius 3 is 2.62 bits per heavy atom. The highest BCUT2D eigenvalue weighted by atomic mass is 16.6. The lowest BCUT2D eigenvalue weighted by atomic mass is 10.1. The number of nitro groups is 1. The summed E-state index contributed by atoms with van der Waals surface area (Å²) in [5.74, 6) is 0. The van der Waals surface area contributed by atoms with Gasteiger partial charge in [0.2, 0.25) is 0 Å². The standard InChI is InChI=1S/C15H12N4O2/c16-13-14-11(7-4-8-17-14)18-12(15(13)19(20)21)9-10-5-2-1-3-6-10/h1-8H,9H2,(H2,16,18). The molecule has 0 radical (unpaired) electrons. The van der Waals surface area contributed by atoms with Crippen molar-refractivity contribution in [2.24, 2.45) is 0 Å². The highest BCUT2D eigenvalue weighted by molar-refractivity contribution is 5.92. The van der Waals surface area contributed by atoms with E-state index in [1.54, 1.807) is 18.3 Å². The number of fused-ring (bicyclic) bond motifs is 1. The van der Waals surface area contributed by atoms with Crippen LogP contribution >= 0.6 is 0 Å². The molecule has 2 heterocycles. The highest BCUT2D eigenvalue weighted by Crippen LogP contribution is 2.32. The zero-order valence-corrected chi connectivity index (χ0v) is 11.1. The van der Waals surface area contributed by atoms with Crippen LogP contribution in [0, 0.1) is 10.1 Å². The zero-order chi connectivity index (χ0) is 14.8. The minimum absolute atomic E-state index is 0.0662. The fraction of sp³-hybridized carbons (Fsp3) is 0.0667. The van der Waals surface area contributed by atoms with Gasteiger partial charge in [-0.1, -0.05) is 30.3 Å². The molecule has 0 aliphatic carbocycles. The van der Waals surface area contributed by atoms with Gasteiger partial charge in [-0.25, -0.2) is 4.98 Å². The molecule has 6 heteroatoms. The number of hydrogen-bond acceptors (Lipinski definition) is 5. The predicted molar refractivity (Wildman–Crippen MR) is 79.9 cm³/mol. The molecular formula is C15H12N4O2. The average molecular weight is 280 g/mol. The Balaban J connectivity index is 2.20. The van der Waals surface area contributed by atoms with Gasteiger partial charge < -0.3 is 5.73 Å². The minimum atomic E-state index is -0.491. The molecule has 0 aliphatic rings. The first-order valence-corrected chi connectivity index (χ1v) is 6.38. The van der Waals surface area contributed by atoms with Crippen molar-refractivity contribution in [2.75, 3.05) is 5.73 Å². The van der Waals surface area contributed by atoms with Crippen LogP contribution in [0.3, 0.4) is 0 Å². The van der Waals surface area contributed by atoms with Gasteiger partial charge in [-0.2, -0.15) is 0 Å². The Morgan fingerprint density at radius 1 is 1.14 bits per heavy atom. The van der Waals surface area contributed by atoms with Gasteiger partial charge in [-0.05, 0) is 17.7 Å². The van der Waals surface area contributed by atoms with E-state index in [0.717, 1.165) is 5.56 Å². The molecular weight excluding hydrogens is 268 g/mol. The van der Waals surface area contributed by atoms with Crippen LogP contribution in [0.2, 0.25) is 0 Å². The lowest BCUT2D eigenvalue weighted by Gasteiger charge is -2.07. The number of rotatable bonds is 3. The third-order valence-corrected chi connectivity index (χ3v) is 3.22. The first-order chi connectivity index (χ1) is 10.2. The van der Waals surface area contributed by atoms with E-state index >= 15 is 0 Å². The van der Waals surface area contributed by atoms with Crippen LogP contribution in [0.4, 0.5) is 11.4 Å². The van der Waals surface area contributed by atoms with Crippen LogP contribution < -0.4 is 5.73 Å². The van der Waals surface area contributed by atoms with Crippen LogP contribution in [0.15, 0.2) is 48.7 Å². The molecule has 6 nitrogen and oxygen atoms in total. The number of pyridine rings is 2. The SMILES string of the molecule is Nc1c([N+](=O)[O-])c(Cc2ccccc2)nc2cccnc12. The summed E-state index contributed by atoms with van der Waals surface area (Å²) >= 11 is 0. The van der Waals surface area contributed by atoms with Crippen molar-refractivity contribution < 1.29 is 4.92 Å². The van der Waals surface area contributed by atoms with E-state index < -0.39 is 4.92 Å². The molecule has 3 aromatic rings. The van der Waals surface area contributed by atoms with Crippen molar-refractivity contribution in [3.05, 3.63) is 70.0 Å². The van der Waals surface area contributed by atoms with E-state index in [4.69, 9.17) is 5.73 Å². The largest absolute Gasteiger partial charge is 0.391 e. The quantitative estimate of drug-likeness (QED) is 0.588. The number of nitrogen functional groups attached to an aromatic ring is 1. The molecule has 21 heavy (non-hydrogen) atoms. The molecule has 0 aliphatic heterocycles. The normalized spacial score (nSPS) is 10.7. The van der Waals surface area contributed by atoms with Gasteiger partial charge in [0.25, 0.3) is 0 Å². The van der Waals surface area contributed by atoms with Gasteiger partial charge in [-0.15, -0.1) is 0 Å². The lowest BCUT2D eigenvalue weighted by Crippen LogP contribution is -2.05. The number of nitrogens with zero attached hydrogens (tertiary/aromatic N) is 3. The van der Waals surface area contributed by atoms with Crippen molar-refractivity contribution >= 4 is 22.4 Å². The Bertz CT molecular complexity index is 819. The van der Waals surface area contributed by atoms with E-state index in [9.17, 15) is 10.1 Å². The third-order valence-electron chi connectivity index (χ3n) is 3.22. The molecule has 0 spiro atoms. The Kier molecular flexibility index (Phi) is 3.19. The topological polar surface area (TPSA) is 94.9 Å². The summed E-state index contributed by atoms with van der Waals surface area (Å²) in [4.78, 5) is 19.3. The van der Waals surface area contributed by atoms with Gasteiger partial charge in [0.05, 0.1) is 10.4 Å². The van der Waals surface area contributed by atoms with E-state index in [-0.39, 0.29) is 11.4 Å². The van der Waals surface area contributed by atoms with Crippen LogP contribution in [-0.2, 0) is 6.42 Å². The molecule has 2 N–H and O–H groups in total. The average Bonchev–Trinajstić information content (AvgIpc) is 2.48. The molecule has 3 rings (SSSR count). The molecule has 104 valence electrons. The second kappa shape index (κ2) is 5.16. The van der Waals surface area contributed by atoms with Gasteiger partial charge in [0, 0.05) is 12.6 Å². The van der Waals surface area contributed by atoms with E-state index in [1.807, 2.05) is 30.3 Å². The Hall–Kier alpha value is -3.02. The molecule has 0 unspecified atom stereocenters. The van der Waals surface area contributed by atoms with Gasteiger partial charge in [0.15, 0.2) is 0 Å². The summed E-state index contributed by atoms with van der Waals surface area (Å²) in [5, 5.41) is 11.3. The Labute approximate surface area is 120 Å². The molecule has 0 saturated heterocycles. The first-order valence-electron chi connectivity index (χ1n) is 6.38. The fourth-order valence-corrected chi connectivity index (χ4v) is 2.28. The predicted octanol–water partition coefficient (Wildman–Crippen LogP) is 2.71. The van der Waals surface area contributed by atoms with Gasteiger partial charge >= 0.3 is 5.69 Å². The first kappa shape index (κ1) is 13.0. The van der Waals surface area contributed by atoms with Crippen molar-refractivity contribution in [1.82, 2.24) is 9.97 Å².